The van der Waals surface area contributed by atoms with E-state index in [1.54, 1.807) is 5.32 Å². The van der Waals surface area contributed by atoms with Gasteiger partial charge in [0.2, 0.25) is 0 Å². The van der Waals surface area contributed by atoms with Crippen LogP contribution in [0.2, 0.25) is 0 Å². The summed E-state index contributed by atoms with van der Waals surface area (Å²) in [5.74, 6) is -3.13. The highest BCUT2D eigenvalue weighted by atomic mass is 19.4. The van der Waals surface area contributed by atoms with Crippen LogP contribution in [0.3, 0.4) is 0 Å². The zero-order chi connectivity index (χ0) is 25.0. The topological polar surface area (TPSA) is 113 Å². The monoisotopic (exact) mass is 478 g/mol. The van der Waals surface area contributed by atoms with Crippen LogP contribution in [0.5, 0.6) is 5.75 Å². The summed E-state index contributed by atoms with van der Waals surface area (Å²) < 4.78 is 56.1. The third kappa shape index (κ3) is 5.77. The lowest BCUT2D eigenvalue weighted by Gasteiger charge is -2.16. The molecule has 34 heavy (non-hydrogen) atoms. The van der Waals surface area contributed by atoms with Gasteiger partial charge < -0.3 is 20.4 Å². The third-order valence-corrected chi connectivity index (χ3v) is 4.61. The Kier molecular flexibility index (Phi) is 6.99. The molecule has 0 aliphatic rings. The normalized spacial score (nSPS) is 11.2. The highest BCUT2D eigenvalue weighted by Gasteiger charge is 2.29. The van der Waals surface area contributed by atoms with Crippen LogP contribution >= 0.6 is 0 Å². The van der Waals surface area contributed by atoms with Crippen LogP contribution in [0.25, 0.3) is 11.0 Å². The summed E-state index contributed by atoms with van der Waals surface area (Å²) in [5.41, 5.74) is 0.00345. The molecule has 0 spiro atoms. The Bertz CT molecular complexity index is 1320. The van der Waals surface area contributed by atoms with E-state index in [1.807, 2.05) is 0 Å². The molecule has 2 aromatic heterocycles. The number of aromatic nitrogens is 2. The number of nitrogens with zero attached hydrogens (tertiary/aromatic N) is 1. The molecule has 2 amide bonds. The lowest BCUT2D eigenvalue weighted by Crippen LogP contribution is -2.35. The molecule has 0 aliphatic heterocycles. The predicted molar refractivity (Wildman–Crippen MR) is 114 cm³/mol. The maximum Gasteiger partial charge on any atom is 0.405 e. The van der Waals surface area contributed by atoms with Gasteiger partial charge in [-0.05, 0) is 23.8 Å². The standard InChI is InChI=1S/C22H18F4N4O4/c1-11(19(31)29-10-22(24,25)26)34-18-13(7-12-3-5-14(23)6-4-12)9-28-16-8-15(20(32)27-2)21(33)30-17(16)18/h3-6,8-9H,1,7,10H2,2H3,(H,27,32)(H,29,31)(H,30,33). The van der Waals surface area contributed by atoms with E-state index in [9.17, 15) is 31.9 Å². The first-order chi connectivity index (χ1) is 16.0. The maximum atomic E-state index is 13.3. The summed E-state index contributed by atoms with van der Waals surface area (Å²) in [5, 5.41) is 3.95. The van der Waals surface area contributed by atoms with Crippen LogP contribution in [0, 0.1) is 5.82 Å². The molecule has 0 atom stereocenters. The number of alkyl halides is 3. The number of H-pyrrole nitrogens is 1. The van der Waals surface area contributed by atoms with Gasteiger partial charge in [-0.3, -0.25) is 19.4 Å². The molecule has 3 N–H and O–H groups in total. The number of rotatable bonds is 7. The van der Waals surface area contributed by atoms with E-state index < -0.39 is 41.7 Å². The lowest BCUT2D eigenvalue weighted by molar-refractivity contribution is -0.137. The van der Waals surface area contributed by atoms with Gasteiger partial charge in [0, 0.05) is 25.2 Å². The first-order valence-corrected chi connectivity index (χ1v) is 9.71. The summed E-state index contributed by atoms with van der Waals surface area (Å²) >= 11 is 0. The number of ether oxygens (including phenoxy) is 1. The molecular formula is C22H18F4N4O4. The molecule has 3 aromatic rings. The first-order valence-electron chi connectivity index (χ1n) is 9.71. The summed E-state index contributed by atoms with van der Waals surface area (Å²) in [7, 11) is 1.34. The number of carbonyl (C=O) groups excluding carboxylic acids is 2. The van der Waals surface area contributed by atoms with Crippen LogP contribution in [-0.4, -0.2) is 41.6 Å². The summed E-state index contributed by atoms with van der Waals surface area (Å²) in [6, 6.07) is 6.64. The van der Waals surface area contributed by atoms with Crippen LogP contribution < -0.4 is 20.9 Å². The van der Waals surface area contributed by atoms with Crippen LogP contribution in [0.4, 0.5) is 17.6 Å². The minimum absolute atomic E-state index is 0.0120. The van der Waals surface area contributed by atoms with Crippen molar-refractivity contribution in [1.82, 2.24) is 20.6 Å². The van der Waals surface area contributed by atoms with Crippen molar-refractivity contribution in [2.75, 3.05) is 13.6 Å². The summed E-state index contributed by atoms with van der Waals surface area (Å²) in [4.78, 5) is 43.1. The average molecular weight is 478 g/mol. The zero-order valence-electron chi connectivity index (χ0n) is 17.7. The number of nitrogens with one attached hydrogen (secondary N) is 3. The van der Waals surface area contributed by atoms with Gasteiger partial charge in [0.25, 0.3) is 17.4 Å². The predicted octanol–water partition coefficient (Wildman–Crippen LogP) is 2.58. The second-order valence-electron chi connectivity index (χ2n) is 7.09. The van der Waals surface area contributed by atoms with Gasteiger partial charge in [0.1, 0.15) is 23.4 Å². The van der Waals surface area contributed by atoms with E-state index in [0.717, 1.165) is 0 Å². The van der Waals surface area contributed by atoms with E-state index >= 15 is 0 Å². The second kappa shape index (κ2) is 9.73. The Labute approximate surface area is 189 Å². The Morgan fingerprint density at radius 1 is 1.21 bits per heavy atom. The minimum Gasteiger partial charge on any atom is -0.450 e. The molecule has 3 rings (SSSR count). The molecular weight excluding hydrogens is 460 g/mol. The third-order valence-electron chi connectivity index (χ3n) is 4.61. The largest absolute Gasteiger partial charge is 0.450 e. The first kappa shape index (κ1) is 24.4. The van der Waals surface area contributed by atoms with E-state index in [2.05, 4.69) is 21.9 Å². The molecule has 0 saturated carbocycles. The SMILES string of the molecule is C=C(Oc1c(Cc2ccc(F)cc2)cnc2cc(C(=O)NC)c(=O)[nH]c12)C(=O)NCC(F)(F)F. The number of hydrogen-bond donors (Lipinski definition) is 3. The van der Waals surface area contributed by atoms with Gasteiger partial charge in [0.05, 0.1) is 5.52 Å². The van der Waals surface area contributed by atoms with Crippen molar-refractivity contribution in [2.45, 2.75) is 12.6 Å². The van der Waals surface area contributed by atoms with Crippen molar-refractivity contribution < 1.29 is 31.9 Å². The van der Waals surface area contributed by atoms with E-state index in [0.29, 0.717) is 11.1 Å². The van der Waals surface area contributed by atoms with Gasteiger partial charge in [0.15, 0.2) is 11.5 Å². The second-order valence-corrected chi connectivity index (χ2v) is 7.09. The molecule has 8 nitrogen and oxygen atoms in total. The van der Waals surface area contributed by atoms with Crippen molar-refractivity contribution in [1.29, 1.82) is 0 Å². The van der Waals surface area contributed by atoms with Crippen molar-refractivity contribution in [3.05, 3.63) is 81.7 Å². The lowest BCUT2D eigenvalue weighted by atomic mass is 10.0. The molecule has 0 radical (unpaired) electrons. The molecule has 2 heterocycles. The highest BCUT2D eigenvalue weighted by molar-refractivity contribution is 5.97. The average Bonchev–Trinajstić information content (AvgIpc) is 2.79. The minimum atomic E-state index is -4.64. The molecule has 0 unspecified atom stereocenters. The molecule has 0 bridgehead atoms. The molecule has 0 saturated heterocycles. The molecule has 1 aromatic carbocycles. The van der Waals surface area contributed by atoms with Gasteiger partial charge in [-0.1, -0.05) is 18.7 Å². The number of amides is 2. The number of aromatic amines is 1. The van der Waals surface area contributed by atoms with Gasteiger partial charge >= 0.3 is 6.18 Å². The zero-order valence-corrected chi connectivity index (χ0v) is 17.7. The highest BCUT2D eigenvalue weighted by Crippen LogP contribution is 2.30. The maximum absolute atomic E-state index is 13.3. The van der Waals surface area contributed by atoms with Gasteiger partial charge in [-0.25, -0.2) is 4.39 Å². The van der Waals surface area contributed by atoms with Crippen LogP contribution in [0.15, 0.2) is 53.7 Å². The van der Waals surface area contributed by atoms with Crippen LogP contribution in [-0.2, 0) is 11.2 Å². The fourth-order valence-electron chi connectivity index (χ4n) is 2.98. The smallest absolute Gasteiger partial charge is 0.405 e. The summed E-state index contributed by atoms with van der Waals surface area (Å²) in [6.45, 7) is 1.77. The number of halogens is 4. The number of fused-ring (bicyclic) bond motifs is 1. The van der Waals surface area contributed by atoms with Gasteiger partial charge in [-0.15, -0.1) is 0 Å². The molecule has 178 valence electrons. The Morgan fingerprint density at radius 3 is 2.50 bits per heavy atom. The Morgan fingerprint density at radius 2 is 1.88 bits per heavy atom. The van der Waals surface area contributed by atoms with Gasteiger partial charge in [-0.2, -0.15) is 13.2 Å². The van der Waals surface area contributed by atoms with E-state index in [1.165, 1.54) is 43.6 Å². The Balaban J connectivity index is 2.05. The molecule has 0 fully saturated rings. The number of hydrogen-bond acceptors (Lipinski definition) is 5. The van der Waals surface area contributed by atoms with E-state index in [-0.39, 0.29) is 28.8 Å². The summed E-state index contributed by atoms with van der Waals surface area (Å²) in [6.07, 6.45) is -3.20. The Hall–Kier alpha value is -4.22. The number of pyridine rings is 2. The quantitative estimate of drug-likeness (QED) is 0.275. The fourth-order valence-corrected chi connectivity index (χ4v) is 2.98. The number of benzene rings is 1. The molecule has 0 aliphatic carbocycles. The van der Waals surface area contributed by atoms with Crippen molar-refractivity contribution in [3.63, 3.8) is 0 Å². The fraction of sp³-hybridized carbons (Fsp3) is 0.182. The van der Waals surface area contributed by atoms with Crippen LogP contribution in [0.1, 0.15) is 21.5 Å². The number of carbonyl (C=O) groups is 2. The van der Waals surface area contributed by atoms with E-state index in [4.69, 9.17) is 4.74 Å². The van der Waals surface area contributed by atoms with Crippen molar-refractivity contribution in [2.24, 2.45) is 0 Å². The van der Waals surface area contributed by atoms with Crippen molar-refractivity contribution >= 4 is 22.8 Å². The van der Waals surface area contributed by atoms with Crippen molar-refractivity contribution in [3.8, 4) is 5.75 Å². The molecule has 12 heteroatoms.